The van der Waals surface area contributed by atoms with Gasteiger partial charge in [-0.15, -0.1) is 12.4 Å². The van der Waals surface area contributed by atoms with Gasteiger partial charge >= 0.3 is 6.18 Å². The molecule has 1 atom stereocenters. The number of benzene rings is 1. The molecule has 5 fully saturated rings. The van der Waals surface area contributed by atoms with E-state index >= 15 is 0 Å². The second-order valence-electron chi connectivity index (χ2n) is 10.0. The molecule has 182 valence electrons. The van der Waals surface area contributed by atoms with Crippen LogP contribution < -0.4 is 4.90 Å². The Morgan fingerprint density at radius 2 is 1.67 bits per heavy atom. The highest BCUT2D eigenvalue weighted by Crippen LogP contribution is 2.57. The first-order chi connectivity index (χ1) is 15.2. The van der Waals surface area contributed by atoms with Crippen LogP contribution in [0.4, 0.5) is 18.9 Å². The van der Waals surface area contributed by atoms with Crippen molar-refractivity contribution >= 4 is 40.9 Å². The number of aliphatic imine (C=N–C) groups is 1. The molecule has 5 aliphatic rings. The fourth-order valence-electron chi connectivity index (χ4n) is 6.89. The number of rotatable bonds is 4. The lowest BCUT2D eigenvalue weighted by Gasteiger charge is -2.55. The van der Waals surface area contributed by atoms with Crippen molar-refractivity contribution in [2.45, 2.75) is 70.3 Å². The first kappa shape index (κ1) is 24.7. The summed E-state index contributed by atoms with van der Waals surface area (Å²) in [6.07, 6.45) is 3.00. The van der Waals surface area contributed by atoms with Gasteiger partial charge in [-0.05, 0) is 87.5 Å². The van der Waals surface area contributed by atoms with Crippen molar-refractivity contribution < 1.29 is 18.0 Å². The Bertz CT molecular complexity index is 885. The van der Waals surface area contributed by atoms with Crippen LogP contribution in [0.2, 0.25) is 0 Å². The lowest BCUT2D eigenvalue weighted by molar-refractivity contribution is -0.137. The highest BCUT2D eigenvalue weighted by atomic mass is 35.5. The van der Waals surface area contributed by atoms with Gasteiger partial charge in [0.2, 0.25) is 5.91 Å². The SMILES string of the molecule is CCN1C(=NC23CC4CC(CC(C4)C2)C3)SCC1N(C(C)=O)c1ccc(C(F)(F)F)cc1.Cl. The van der Waals surface area contributed by atoms with Gasteiger partial charge in [-0.3, -0.25) is 14.7 Å². The highest BCUT2D eigenvalue weighted by Gasteiger charge is 2.52. The molecule has 1 aromatic carbocycles. The van der Waals surface area contributed by atoms with Crippen molar-refractivity contribution in [2.75, 3.05) is 17.2 Å². The largest absolute Gasteiger partial charge is 0.416 e. The summed E-state index contributed by atoms with van der Waals surface area (Å²) in [4.78, 5) is 21.8. The van der Waals surface area contributed by atoms with Crippen LogP contribution in [-0.4, -0.2) is 40.0 Å². The number of anilines is 1. The minimum absolute atomic E-state index is 0. The third kappa shape index (κ3) is 4.62. The molecule has 1 unspecified atom stereocenters. The molecule has 1 heterocycles. The topological polar surface area (TPSA) is 35.9 Å². The predicted molar refractivity (Wildman–Crippen MR) is 129 cm³/mol. The van der Waals surface area contributed by atoms with Crippen LogP contribution in [0.15, 0.2) is 29.3 Å². The molecule has 9 heteroatoms. The van der Waals surface area contributed by atoms with E-state index in [0.29, 0.717) is 18.0 Å². The number of hydrogen-bond acceptors (Lipinski definition) is 3. The first-order valence-electron chi connectivity index (χ1n) is 11.6. The molecule has 0 spiro atoms. The molecular formula is C24H31ClF3N3OS. The van der Waals surface area contributed by atoms with E-state index in [2.05, 4.69) is 11.8 Å². The molecule has 1 aliphatic heterocycles. The summed E-state index contributed by atoms with van der Waals surface area (Å²) in [7, 11) is 0. The zero-order valence-electron chi connectivity index (χ0n) is 19.0. The quantitative estimate of drug-likeness (QED) is 0.493. The smallest absolute Gasteiger partial charge is 0.330 e. The van der Waals surface area contributed by atoms with Gasteiger partial charge in [0.15, 0.2) is 5.17 Å². The van der Waals surface area contributed by atoms with E-state index in [1.54, 1.807) is 16.7 Å². The van der Waals surface area contributed by atoms with Crippen molar-refractivity contribution in [3.05, 3.63) is 29.8 Å². The van der Waals surface area contributed by atoms with Gasteiger partial charge in [0.1, 0.15) is 6.17 Å². The van der Waals surface area contributed by atoms with E-state index in [-0.39, 0.29) is 30.0 Å². The maximum atomic E-state index is 13.0. The lowest BCUT2D eigenvalue weighted by atomic mass is 9.53. The second-order valence-corrected chi connectivity index (χ2v) is 11.0. The molecule has 0 radical (unpaired) electrons. The molecule has 0 N–H and O–H groups in total. The third-order valence-corrected chi connectivity index (χ3v) is 8.81. The number of alkyl halides is 3. The maximum Gasteiger partial charge on any atom is 0.416 e. The van der Waals surface area contributed by atoms with Crippen LogP contribution in [0.25, 0.3) is 0 Å². The minimum Gasteiger partial charge on any atom is -0.330 e. The van der Waals surface area contributed by atoms with E-state index in [0.717, 1.165) is 35.1 Å². The minimum atomic E-state index is -4.39. The summed E-state index contributed by atoms with van der Waals surface area (Å²) in [5, 5.41) is 0.998. The van der Waals surface area contributed by atoms with Crippen LogP contribution in [0.1, 0.15) is 57.9 Å². The van der Waals surface area contributed by atoms with Gasteiger partial charge < -0.3 is 4.90 Å². The van der Waals surface area contributed by atoms with E-state index in [9.17, 15) is 18.0 Å². The Kier molecular flexibility index (Phi) is 6.73. The summed E-state index contributed by atoms with van der Waals surface area (Å²) < 4.78 is 39.0. The van der Waals surface area contributed by atoms with Crippen LogP contribution >= 0.6 is 24.2 Å². The average molecular weight is 502 g/mol. The molecule has 33 heavy (non-hydrogen) atoms. The van der Waals surface area contributed by atoms with Gasteiger partial charge in [-0.2, -0.15) is 13.2 Å². The predicted octanol–water partition coefficient (Wildman–Crippen LogP) is 6.20. The fraction of sp³-hybridized carbons (Fsp3) is 0.667. The molecule has 4 bridgehead atoms. The van der Waals surface area contributed by atoms with E-state index in [4.69, 9.17) is 4.99 Å². The molecular weight excluding hydrogens is 471 g/mol. The van der Waals surface area contributed by atoms with Crippen LogP contribution in [0.5, 0.6) is 0 Å². The fourth-order valence-corrected chi connectivity index (χ4v) is 8.19. The first-order valence-corrected chi connectivity index (χ1v) is 12.6. The number of carbonyl (C=O) groups excluding carboxylic acids is 1. The third-order valence-electron chi connectivity index (χ3n) is 7.76. The monoisotopic (exact) mass is 501 g/mol. The van der Waals surface area contributed by atoms with E-state index < -0.39 is 11.7 Å². The Morgan fingerprint density at radius 3 is 2.12 bits per heavy atom. The van der Waals surface area contributed by atoms with E-state index in [1.807, 2.05) is 0 Å². The highest BCUT2D eigenvalue weighted by molar-refractivity contribution is 8.14. The van der Waals surface area contributed by atoms with Crippen LogP contribution in [0.3, 0.4) is 0 Å². The summed E-state index contributed by atoms with van der Waals surface area (Å²) in [5.74, 6) is 2.92. The van der Waals surface area contributed by atoms with Gasteiger partial charge in [0, 0.05) is 24.9 Å². The van der Waals surface area contributed by atoms with Crippen molar-refractivity contribution in [2.24, 2.45) is 22.7 Å². The maximum absolute atomic E-state index is 13.0. The molecule has 1 saturated heterocycles. The molecule has 1 amide bonds. The number of amidine groups is 1. The number of thioether (sulfide) groups is 1. The molecule has 6 rings (SSSR count). The van der Waals surface area contributed by atoms with Crippen molar-refractivity contribution in [1.82, 2.24) is 4.90 Å². The Morgan fingerprint density at radius 1 is 1.12 bits per heavy atom. The van der Waals surface area contributed by atoms with Crippen molar-refractivity contribution in [3.63, 3.8) is 0 Å². The number of halogens is 4. The van der Waals surface area contributed by atoms with Crippen LogP contribution in [0, 0.1) is 17.8 Å². The van der Waals surface area contributed by atoms with Crippen LogP contribution in [-0.2, 0) is 11.0 Å². The number of carbonyl (C=O) groups is 1. The zero-order valence-corrected chi connectivity index (χ0v) is 20.6. The normalized spacial score (nSPS) is 34.0. The Hall–Kier alpha value is -1.41. The Balaban J connectivity index is 0.00000259. The van der Waals surface area contributed by atoms with Gasteiger partial charge in [-0.1, -0.05) is 11.8 Å². The molecule has 4 saturated carbocycles. The standard InChI is InChI=1S/C24H30F3N3OS.ClH/c1-3-29-21(30(15(2)31)20-6-4-19(5-7-20)24(25,26)27)14-32-22(29)28-23-11-16-8-17(12-23)10-18(9-16)13-23;/h4-7,16-18,21H,3,8-14H2,1-2H3;1H. The lowest BCUT2D eigenvalue weighted by Crippen LogP contribution is -2.52. The second kappa shape index (κ2) is 8.99. The molecule has 1 aromatic rings. The summed E-state index contributed by atoms with van der Waals surface area (Å²) in [6.45, 7) is 4.23. The molecule has 4 aliphatic carbocycles. The number of amides is 1. The number of hydrogen-bond donors (Lipinski definition) is 0. The zero-order chi connectivity index (χ0) is 22.7. The molecule has 0 aromatic heterocycles. The summed E-state index contributed by atoms with van der Waals surface area (Å²) >= 11 is 1.68. The molecule has 4 nitrogen and oxygen atoms in total. The van der Waals surface area contributed by atoms with Gasteiger partial charge in [0.05, 0.1) is 11.1 Å². The van der Waals surface area contributed by atoms with Gasteiger partial charge in [-0.25, -0.2) is 0 Å². The van der Waals surface area contributed by atoms with Gasteiger partial charge in [0.25, 0.3) is 0 Å². The number of nitrogens with zero attached hydrogens (tertiary/aromatic N) is 3. The van der Waals surface area contributed by atoms with Crippen molar-refractivity contribution in [1.29, 1.82) is 0 Å². The summed E-state index contributed by atoms with van der Waals surface area (Å²) in [5.41, 5.74) is -0.165. The van der Waals surface area contributed by atoms with Crippen molar-refractivity contribution in [3.8, 4) is 0 Å². The average Bonchev–Trinajstić information content (AvgIpc) is 3.07. The van der Waals surface area contributed by atoms with E-state index in [1.165, 1.54) is 57.6 Å². The Labute approximate surface area is 203 Å². The summed E-state index contributed by atoms with van der Waals surface area (Å²) in [6, 6.07) is 4.90.